The highest BCUT2D eigenvalue weighted by Gasteiger charge is 2.26. The Morgan fingerprint density at radius 3 is 2.76 bits per heavy atom. The van der Waals surface area contributed by atoms with Gasteiger partial charge in [0.15, 0.2) is 0 Å². The number of hydrogen-bond donors (Lipinski definition) is 2. The third-order valence-corrected chi connectivity index (χ3v) is 3.86. The molecule has 0 saturated carbocycles. The van der Waals surface area contributed by atoms with Crippen LogP contribution in [0.1, 0.15) is 26.7 Å². The quantitative estimate of drug-likeness (QED) is 0.744. The molecule has 0 radical (unpaired) electrons. The van der Waals surface area contributed by atoms with E-state index in [4.69, 9.17) is 5.73 Å². The smallest absolute Gasteiger partial charge is 0.224 e. The SMILES string of the molecule is CNC(=O)C1CCCN(CC(CN)C(C)C)C1. The van der Waals surface area contributed by atoms with Gasteiger partial charge >= 0.3 is 0 Å². The Kier molecular flexibility index (Phi) is 5.92. The van der Waals surface area contributed by atoms with Crippen molar-refractivity contribution >= 4 is 5.91 Å². The molecule has 2 unspecified atom stereocenters. The molecule has 3 N–H and O–H groups in total. The van der Waals surface area contributed by atoms with Gasteiger partial charge in [0.1, 0.15) is 0 Å². The van der Waals surface area contributed by atoms with Gasteiger partial charge in [0, 0.05) is 20.1 Å². The van der Waals surface area contributed by atoms with Crippen molar-refractivity contribution < 1.29 is 4.79 Å². The first-order valence-electron chi connectivity index (χ1n) is 6.72. The molecule has 4 nitrogen and oxygen atoms in total. The second-order valence-corrected chi connectivity index (χ2v) is 5.45. The first kappa shape index (κ1) is 14.5. The van der Waals surface area contributed by atoms with E-state index in [0.717, 1.165) is 39.0 Å². The molecule has 2 atom stereocenters. The summed E-state index contributed by atoms with van der Waals surface area (Å²) in [6, 6.07) is 0. The van der Waals surface area contributed by atoms with Crippen LogP contribution in [0.25, 0.3) is 0 Å². The van der Waals surface area contributed by atoms with Crippen LogP contribution in [0.5, 0.6) is 0 Å². The zero-order chi connectivity index (χ0) is 12.8. The summed E-state index contributed by atoms with van der Waals surface area (Å²) in [5.41, 5.74) is 5.81. The normalized spacial score (nSPS) is 23.7. The molecule has 4 heteroatoms. The molecule has 1 amide bonds. The molecular formula is C13H27N3O. The molecule has 0 aliphatic carbocycles. The van der Waals surface area contributed by atoms with Gasteiger partial charge < -0.3 is 16.0 Å². The second-order valence-electron chi connectivity index (χ2n) is 5.45. The van der Waals surface area contributed by atoms with Crippen molar-refractivity contribution in [2.45, 2.75) is 26.7 Å². The lowest BCUT2D eigenvalue weighted by molar-refractivity contribution is -0.126. The third kappa shape index (κ3) is 4.28. The molecular weight excluding hydrogens is 214 g/mol. The van der Waals surface area contributed by atoms with Crippen LogP contribution in [0.4, 0.5) is 0 Å². The van der Waals surface area contributed by atoms with Crippen molar-refractivity contribution in [1.29, 1.82) is 0 Å². The predicted molar refractivity (Wildman–Crippen MR) is 70.6 cm³/mol. The average molecular weight is 241 g/mol. The summed E-state index contributed by atoms with van der Waals surface area (Å²) in [7, 11) is 1.72. The number of carbonyl (C=O) groups is 1. The number of amides is 1. The van der Waals surface area contributed by atoms with Gasteiger partial charge in [0.05, 0.1) is 5.92 Å². The Morgan fingerprint density at radius 2 is 2.24 bits per heavy atom. The van der Waals surface area contributed by atoms with Crippen LogP contribution in [0, 0.1) is 17.8 Å². The topological polar surface area (TPSA) is 58.4 Å². The molecule has 0 aromatic heterocycles. The Labute approximate surface area is 105 Å². The molecule has 1 fully saturated rings. The van der Waals surface area contributed by atoms with Crippen LogP contribution in [0.3, 0.4) is 0 Å². The molecule has 1 heterocycles. The van der Waals surface area contributed by atoms with Crippen molar-refractivity contribution in [3.8, 4) is 0 Å². The number of rotatable bonds is 5. The maximum Gasteiger partial charge on any atom is 0.224 e. The highest BCUT2D eigenvalue weighted by Crippen LogP contribution is 2.19. The van der Waals surface area contributed by atoms with Gasteiger partial charge in [-0.3, -0.25) is 4.79 Å². The second kappa shape index (κ2) is 6.97. The summed E-state index contributed by atoms with van der Waals surface area (Å²) in [4.78, 5) is 14.0. The van der Waals surface area contributed by atoms with Crippen LogP contribution in [0.15, 0.2) is 0 Å². The summed E-state index contributed by atoms with van der Waals surface area (Å²) in [5.74, 6) is 1.50. The Bertz CT molecular complexity index is 243. The standard InChI is InChI=1S/C13H27N3O/c1-10(2)12(7-14)9-16-6-4-5-11(8-16)13(17)15-3/h10-12H,4-9,14H2,1-3H3,(H,15,17). The fourth-order valence-electron chi connectivity index (χ4n) is 2.53. The van der Waals surface area contributed by atoms with Crippen LogP contribution < -0.4 is 11.1 Å². The largest absolute Gasteiger partial charge is 0.359 e. The number of hydrogen-bond acceptors (Lipinski definition) is 3. The van der Waals surface area contributed by atoms with Gasteiger partial charge in [-0.05, 0) is 37.8 Å². The number of nitrogens with zero attached hydrogens (tertiary/aromatic N) is 1. The van der Waals surface area contributed by atoms with Crippen LogP contribution in [0.2, 0.25) is 0 Å². The Morgan fingerprint density at radius 1 is 1.53 bits per heavy atom. The minimum Gasteiger partial charge on any atom is -0.359 e. The van der Waals surface area contributed by atoms with Crippen molar-refractivity contribution in [2.75, 3.05) is 33.2 Å². The van der Waals surface area contributed by atoms with Gasteiger partial charge in [0.25, 0.3) is 0 Å². The van der Waals surface area contributed by atoms with Crippen molar-refractivity contribution in [1.82, 2.24) is 10.2 Å². The van der Waals surface area contributed by atoms with E-state index in [1.807, 2.05) is 0 Å². The highest BCUT2D eigenvalue weighted by atomic mass is 16.1. The lowest BCUT2D eigenvalue weighted by atomic mass is 9.92. The van der Waals surface area contributed by atoms with E-state index in [-0.39, 0.29) is 11.8 Å². The maximum atomic E-state index is 11.6. The van der Waals surface area contributed by atoms with Crippen LogP contribution >= 0.6 is 0 Å². The van der Waals surface area contributed by atoms with E-state index in [2.05, 4.69) is 24.1 Å². The summed E-state index contributed by atoms with van der Waals surface area (Å²) >= 11 is 0. The fourth-order valence-corrected chi connectivity index (χ4v) is 2.53. The van der Waals surface area contributed by atoms with Crippen LogP contribution in [-0.2, 0) is 4.79 Å². The molecule has 0 spiro atoms. The molecule has 0 aromatic rings. The Balaban J connectivity index is 2.46. The summed E-state index contributed by atoms with van der Waals surface area (Å²) in [6.07, 6.45) is 2.14. The number of nitrogens with two attached hydrogens (primary N) is 1. The van der Waals surface area contributed by atoms with Gasteiger partial charge in [-0.2, -0.15) is 0 Å². The molecule has 1 saturated heterocycles. The monoisotopic (exact) mass is 241 g/mol. The molecule has 0 bridgehead atoms. The minimum absolute atomic E-state index is 0.166. The first-order chi connectivity index (χ1) is 8.08. The van der Waals surface area contributed by atoms with Crippen molar-refractivity contribution in [2.24, 2.45) is 23.5 Å². The highest BCUT2D eigenvalue weighted by molar-refractivity contribution is 5.78. The van der Waals surface area contributed by atoms with Gasteiger partial charge in [-0.15, -0.1) is 0 Å². The summed E-state index contributed by atoms with van der Waals surface area (Å²) < 4.78 is 0. The van der Waals surface area contributed by atoms with Crippen LogP contribution in [-0.4, -0.2) is 44.0 Å². The minimum atomic E-state index is 0.166. The molecule has 1 aliphatic heterocycles. The number of carbonyl (C=O) groups excluding carboxylic acids is 1. The number of piperidine rings is 1. The maximum absolute atomic E-state index is 11.6. The Hall–Kier alpha value is -0.610. The summed E-state index contributed by atoms with van der Waals surface area (Å²) in [5, 5.41) is 2.76. The van der Waals surface area contributed by atoms with E-state index in [0.29, 0.717) is 11.8 Å². The lowest BCUT2D eigenvalue weighted by Crippen LogP contribution is -2.45. The zero-order valence-electron chi connectivity index (χ0n) is 11.4. The van der Waals surface area contributed by atoms with E-state index in [1.54, 1.807) is 7.05 Å². The molecule has 1 rings (SSSR count). The summed E-state index contributed by atoms with van der Waals surface area (Å²) in [6.45, 7) is 8.20. The van der Waals surface area contributed by atoms with Gasteiger partial charge in [-0.1, -0.05) is 13.8 Å². The number of likely N-dealkylation sites (tertiary alicyclic amines) is 1. The average Bonchev–Trinajstić information content (AvgIpc) is 2.34. The third-order valence-electron chi connectivity index (χ3n) is 3.86. The zero-order valence-corrected chi connectivity index (χ0v) is 11.4. The van der Waals surface area contributed by atoms with Crippen molar-refractivity contribution in [3.05, 3.63) is 0 Å². The van der Waals surface area contributed by atoms with Crippen molar-refractivity contribution in [3.63, 3.8) is 0 Å². The van der Waals surface area contributed by atoms with E-state index in [9.17, 15) is 4.79 Å². The van der Waals surface area contributed by atoms with E-state index in [1.165, 1.54) is 0 Å². The predicted octanol–water partition coefficient (Wildman–Crippen LogP) is 0.675. The number of nitrogens with one attached hydrogen (secondary N) is 1. The fraction of sp³-hybridized carbons (Fsp3) is 0.923. The molecule has 0 aromatic carbocycles. The van der Waals surface area contributed by atoms with Gasteiger partial charge in [0.2, 0.25) is 5.91 Å². The lowest BCUT2D eigenvalue weighted by Gasteiger charge is -2.35. The molecule has 17 heavy (non-hydrogen) atoms. The molecule has 100 valence electrons. The molecule has 1 aliphatic rings. The first-order valence-corrected chi connectivity index (χ1v) is 6.72. The van der Waals surface area contributed by atoms with E-state index >= 15 is 0 Å². The van der Waals surface area contributed by atoms with Gasteiger partial charge in [-0.25, -0.2) is 0 Å². The van der Waals surface area contributed by atoms with E-state index < -0.39 is 0 Å².